The van der Waals surface area contributed by atoms with Gasteiger partial charge in [-0.05, 0) is 31.5 Å². The van der Waals surface area contributed by atoms with Crippen molar-refractivity contribution in [2.24, 2.45) is 0 Å². The Labute approximate surface area is 171 Å². The first-order valence-electron chi connectivity index (χ1n) is 8.80. The highest BCUT2D eigenvalue weighted by atomic mass is 35.5. The molecule has 3 rings (SSSR count). The highest BCUT2D eigenvalue weighted by Gasteiger charge is 2.49. The molecule has 11 heteroatoms. The molecule has 0 unspecified atom stereocenters. The number of rotatable bonds is 6. The van der Waals surface area contributed by atoms with Crippen LogP contribution in [0.25, 0.3) is 11.0 Å². The molecule has 1 fully saturated rings. The number of ether oxygens (including phenoxy) is 4. The molecule has 3 heterocycles. The summed E-state index contributed by atoms with van der Waals surface area (Å²) >= 11 is 5.92. The molecule has 1 saturated heterocycles. The van der Waals surface area contributed by atoms with Gasteiger partial charge in [-0.3, -0.25) is 0 Å². The van der Waals surface area contributed by atoms with Gasteiger partial charge in [0.2, 0.25) is 5.28 Å². The molecule has 29 heavy (non-hydrogen) atoms. The molecule has 0 saturated carbocycles. The number of carbonyl (C=O) groups is 1. The minimum absolute atomic E-state index is 0.0109. The van der Waals surface area contributed by atoms with Crippen molar-refractivity contribution >= 4 is 34.6 Å². The summed E-state index contributed by atoms with van der Waals surface area (Å²) in [7, 11) is 0. The lowest BCUT2D eigenvalue weighted by atomic mass is 9.99. The van der Waals surface area contributed by atoms with Crippen LogP contribution in [0.15, 0.2) is 12.3 Å². The average Bonchev–Trinajstić information content (AvgIpc) is 3.23. The van der Waals surface area contributed by atoms with Crippen molar-refractivity contribution in [2.45, 2.75) is 44.3 Å². The van der Waals surface area contributed by atoms with Crippen molar-refractivity contribution in [3.8, 4) is 12.3 Å². The van der Waals surface area contributed by atoms with Gasteiger partial charge < -0.3 is 34.4 Å². The van der Waals surface area contributed by atoms with Gasteiger partial charge in [0.05, 0.1) is 18.1 Å². The second-order valence-electron chi connectivity index (χ2n) is 6.67. The van der Waals surface area contributed by atoms with Crippen molar-refractivity contribution in [3.05, 3.63) is 17.5 Å². The molecule has 2 aromatic heterocycles. The number of halogens is 1. The Bertz CT molecular complexity index is 942. The number of anilines is 1. The Balaban J connectivity index is 1.78. The van der Waals surface area contributed by atoms with Crippen LogP contribution in [0, 0.1) is 12.3 Å². The van der Waals surface area contributed by atoms with E-state index in [1.807, 2.05) is 0 Å². The fourth-order valence-electron chi connectivity index (χ4n) is 3.08. The fraction of sp³-hybridized carbons (Fsp3) is 0.500. The molecule has 0 aromatic carbocycles. The monoisotopic (exact) mass is 424 g/mol. The third-order valence-electron chi connectivity index (χ3n) is 4.42. The van der Waals surface area contributed by atoms with E-state index in [0.717, 1.165) is 0 Å². The molecule has 0 aliphatic carbocycles. The number of hydrogen-bond acceptors (Lipinski definition) is 9. The standard InChI is InChI=1S/C18H21ClN4O6/c1-4-18(8-24)12(26-9-27-17(25)28-10(2)3)7-13(29-18)23-6-5-11-14(20)21-16(19)22-15(11)23/h1,5-6,10,12-13,24H,7-9H2,2-3H3,(H2,20,21,22)/t12-,13+,18+/m0/s1. The van der Waals surface area contributed by atoms with Crippen LogP contribution in [0.4, 0.5) is 10.6 Å². The Hall–Kier alpha value is -2.58. The van der Waals surface area contributed by atoms with Crippen LogP contribution in [-0.2, 0) is 18.9 Å². The molecule has 1 aliphatic heterocycles. The Kier molecular flexibility index (Phi) is 6.14. The van der Waals surface area contributed by atoms with Crippen molar-refractivity contribution in [1.82, 2.24) is 14.5 Å². The lowest BCUT2D eigenvalue weighted by Crippen LogP contribution is -2.43. The maximum Gasteiger partial charge on any atom is 0.510 e. The molecule has 0 amide bonds. The molecule has 1 aliphatic rings. The summed E-state index contributed by atoms with van der Waals surface area (Å²) in [6, 6.07) is 1.72. The van der Waals surface area contributed by atoms with E-state index in [0.29, 0.717) is 11.0 Å². The molecule has 2 aromatic rings. The van der Waals surface area contributed by atoms with Crippen LogP contribution in [0.3, 0.4) is 0 Å². The lowest BCUT2D eigenvalue weighted by molar-refractivity contribution is -0.136. The number of aromatic nitrogens is 3. The summed E-state index contributed by atoms with van der Waals surface area (Å²) in [6.45, 7) is 2.47. The van der Waals surface area contributed by atoms with Crippen molar-refractivity contribution in [3.63, 3.8) is 0 Å². The molecule has 3 N–H and O–H groups in total. The van der Waals surface area contributed by atoms with Gasteiger partial charge >= 0.3 is 6.16 Å². The zero-order valence-corrected chi connectivity index (χ0v) is 16.6. The van der Waals surface area contributed by atoms with E-state index >= 15 is 0 Å². The third-order valence-corrected chi connectivity index (χ3v) is 4.59. The van der Waals surface area contributed by atoms with E-state index in [1.165, 1.54) is 0 Å². The number of carbonyl (C=O) groups excluding carboxylic acids is 1. The van der Waals surface area contributed by atoms with Gasteiger partial charge in [0, 0.05) is 12.6 Å². The number of aliphatic hydroxyl groups excluding tert-OH is 1. The van der Waals surface area contributed by atoms with Crippen LogP contribution >= 0.6 is 11.6 Å². The van der Waals surface area contributed by atoms with E-state index in [1.54, 1.807) is 30.7 Å². The molecule has 3 atom stereocenters. The van der Waals surface area contributed by atoms with Crippen LogP contribution in [0.1, 0.15) is 26.5 Å². The van der Waals surface area contributed by atoms with Gasteiger partial charge in [-0.2, -0.15) is 4.98 Å². The molecular weight excluding hydrogens is 404 g/mol. The lowest BCUT2D eigenvalue weighted by Gasteiger charge is -2.26. The van der Waals surface area contributed by atoms with E-state index in [-0.39, 0.29) is 23.6 Å². The van der Waals surface area contributed by atoms with E-state index in [4.69, 9.17) is 42.7 Å². The summed E-state index contributed by atoms with van der Waals surface area (Å²) in [6.07, 6.45) is 4.98. The highest BCUT2D eigenvalue weighted by Crippen LogP contribution is 2.40. The summed E-state index contributed by atoms with van der Waals surface area (Å²) in [5, 5.41) is 10.5. The van der Waals surface area contributed by atoms with Crippen molar-refractivity contribution in [1.29, 1.82) is 0 Å². The van der Waals surface area contributed by atoms with Gasteiger partial charge in [0.25, 0.3) is 0 Å². The number of aliphatic hydroxyl groups is 1. The van der Waals surface area contributed by atoms with Crippen LogP contribution in [-0.4, -0.2) is 57.0 Å². The summed E-state index contributed by atoms with van der Waals surface area (Å²) in [5.41, 5.74) is 4.90. The van der Waals surface area contributed by atoms with E-state index in [9.17, 15) is 9.90 Å². The Morgan fingerprint density at radius 1 is 1.59 bits per heavy atom. The zero-order valence-electron chi connectivity index (χ0n) is 15.9. The Morgan fingerprint density at radius 3 is 3.00 bits per heavy atom. The quantitative estimate of drug-likeness (QED) is 0.308. The molecule has 0 spiro atoms. The first kappa shape index (κ1) is 21.1. The second-order valence-corrected chi connectivity index (χ2v) is 7.01. The predicted octanol–water partition coefficient (Wildman–Crippen LogP) is 1.85. The predicted molar refractivity (Wildman–Crippen MR) is 103 cm³/mol. The minimum atomic E-state index is -1.44. The molecule has 156 valence electrons. The first-order valence-corrected chi connectivity index (χ1v) is 9.18. The van der Waals surface area contributed by atoms with Crippen LogP contribution < -0.4 is 5.73 Å². The third kappa shape index (κ3) is 4.23. The Morgan fingerprint density at radius 2 is 2.34 bits per heavy atom. The molecular formula is C18H21ClN4O6. The summed E-state index contributed by atoms with van der Waals surface area (Å²) < 4.78 is 23.0. The number of fused-ring (bicyclic) bond motifs is 1. The average molecular weight is 425 g/mol. The number of nitrogen functional groups attached to an aromatic ring is 1. The van der Waals surface area contributed by atoms with Gasteiger partial charge in [-0.25, -0.2) is 9.78 Å². The fourth-order valence-corrected chi connectivity index (χ4v) is 3.25. The number of hydrogen-bond donors (Lipinski definition) is 2. The number of terminal acetylenes is 1. The minimum Gasteiger partial charge on any atom is -0.432 e. The summed E-state index contributed by atoms with van der Waals surface area (Å²) in [5.74, 6) is 2.67. The topological polar surface area (TPSA) is 131 Å². The van der Waals surface area contributed by atoms with Gasteiger partial charge in [-0.1, -0.05) is 5.92 Å². The number of nitrogens with zero attached hydrogens (tertiary/aromatic N) is 3. The van der Waals surface area contributed by atoms with Crippen molar-refractivity contribution in [2.75, 3.05) is 19.1 Å². The molecule has 0 bridgehead atoms. The number of nitrogens with two attached hydrogens (primary N) is 1. The van der Waals surface area contributed by atoms with Gasteiger partial charge in [0.1, 0.15) is 23.8 Å². The van der Waals surface area contributed by atoms with E-state index in [2.05, 4.69) is 15.9 Å². The van der Waals surface area contributed by atoms with Crippen molar-refractivity contribution < 1.29 is 28.8 Å². The van der Waals surface area contributed by atoms with Gasteiger partial charge in [-0.15, -0.1) is 6.42 Å². The maximum absolute atomic E-state index is 11.5. The highest BCUT2D eigenvalue weighted by molar-refractivity contribution is 6.28. The van der Waals surface area contributed by atoms with Gasteiger partial charge in [0.15, 0.2) is 12.4 Å². The maximum atomic E-state index is 11.5. The molecule has 10 nitrogen and oxygen atoms in total. The first-order chi connectivity index (χ1) is 13.8. The largest absolute Gasteiger partial charge is 0.510 e. The summed E-state index contributed by atoms with van der Waals surface area (Å²) in [4.78, 5) is 19.6. The molecule has 0 radical (unpaired) electrons. The zero-order chi connectivity index (χ0) is 21.2. The second kappa shape index (κ2) is 8.42. The van der Waals surface area contributed by atoms with E-state index < -0.39 is 37.5 Å². The normalized spacial score (nSPS) is 24.0. The van der Waals surface area contributed by atoms with Crippen LogP contribution in [0.5, 0.6) is 0 Å². The smallest absolute Gasteiger partial charge is 0.432 e. The SMILES string of the molecule is C#C[C@]1(CO)O[C@@H](n2ccc3c(N)nc(Cl)nc32)C[C@@H]1OCOC(=O)OC(C)C. The van der Waals surface area contributed by atoms with Crippen LogP contribution in [0.2, 0.25) is 5.28 Å².